The Hall–Kier alpha value is -2.24. The van der Waals surface area contributed by atoms with Gasteiger partial charge in [-0.3, -0.25) is 4.79 Å². The number of hydrogen-bond donors (Lipinski definition) is 1. The lowest BCUT2D eigenvalue weighted by Crippen LogP contribution is -2.15. The Bertz CT molecular complexity index is 946. The van der Waals surface area contributed by atoms with E-state index in [1.54, 1.807) is 25.3 Å². The molecule has 0 radical (unpaired) electrons. The monoisotopic (exact) mass is 386 g/mol. The summed E-state index contributed by atoms with van der Waals surface area (Å²) in [6, 6.07) is 15.3. The smallest absolute Gasteiger partial charge is 0.234 e. The molecule has 0 aliphatic rings. The number of rotatable bonds is 6. The van der Waals surface area contributed by atoms with Crippen LogP contribution in [0.4, 0.5) is 5.69 Å². The van der Waals surface area contributed by atoms with Crippen molar-refractivity contribution in [2.24, 2.45) is 0 Å². The van der Waals surface area contributed by atoms with Gasteiger partial charge in [-0.1, -0.05) is 48.5 Å². The molecule has 1 heterocycles. The van der Waals surface area contributed by atoms with E-state index in [1.807, 2.05) is 24.3 Å². The minimum absolute atomic E-state index is 0.132. The number of methoxy groups -OCH3 is 1. The number of halogens is 1. The van der Waals surface area contributed by atoms with Crippen LogP contribution in [0, 0.1) is 0 Å². The third-order valence-corrected chi connectivity index (χ3v) is 5.19. The summed E-state index contributed by atoms with van der Waals surface area (Å²) in [4.78, 5) is 17.1. The van der Waals surface area contributed by atoms with Gasteiger partial charge in [-0.2, -0.15) is 0 Å². The predicted octanol–water partition coefficient (Wildman–Crippen LogP) is 5.19. The Morgan fingerprint density at radius 3 is 2.81 bits per heavy atom. The van der Waals surface area contributed by atoms with Crippen LogP contribution in [-0.2, 0) is 11.2 Å². The average molecular weight is 387 g/mol. The first-order chi connectivity index (χ1) is 12.6. The standard InChI is InChI=1S/C20H19ClN2O2S/c1-3-13-10-14-6-4-5-7-16(14)23-20(13)26-12-19(24)22-17-11-15(21)8-9-18(17)25-2/h4-11H,3,12H2,1-2H3,(H,22,24). The highest BCUT2D eigenvalue weighted by atomic mass is 35.5. The van der Waals surface area contributed by atoms with Crippen molar-refractivity contribution >= 4 is 45.9 Å². The molecule has 1 N–H and O–H groups in total. The Morgan fingerprint density at radius 1 is 1.23 bits per heavy atom. The Labute approximate surface area is 161 Å². The lowest BCUT2D eigenvalue weighted by Gasteiger charge is -2.11. The SMILES string of the molecule is CCc1cc2ccccc2nc1SCC(=O)Nc1cc(Cl)ccc1OC. The molecule has 26 heavy (non-hydrogen) atoms. The lowest BCUT2D eigenvalue weighted by atomic mass is 10.1. The number of benzene rings is 2. The third-order valence-electron chi connectivity index (χ3n) is 3.92. The van der Waals surface area contributed by atoms with Crippen LogP contribution < -0.4 is 10.1 Å². The van der Waals surface area contributed by atoms with Gasteiger partial charge >= 0.3 is 0 Å². The number of nitrogens with zero attached hydrogens (tertiary/aromatic N) is 1. The lowest BCUT2D eigenvalue weighted by molar-refractivity contribution is -0.113. The van der Waals surface area contributed by atoms with Crippen molar-refractivity contribution in [2.45, 2.75) is 18.4 Å². The fourth-order valence-electron chi connectivity index (χ4n) is 2.62. The van der Waals surface area contributed by atoms with Gasteiger partial charge in [-0.15, -0.1) is 0 Å². The van der Waals surface area contributed by atoms with Crippen molar-refractivity contribution in [1.29, 1.82) is 0 Å². The number of para-hydroxylation sites is 1. The molecule has 6 heteroatoms. The van der Waals surface area contributed by atoms with E-state index in [0.717, 1.165) is 27.9 Å². The minimum Gasteiger partial charge on any atom is -0.495 e. The molecule has 0 spiro atoms. The van der Waals surface area contributed by atoms with Crippen LogP contribution in [0.3, 0.4) is 0 Å². The van der Waals surface area contributed by atoms with E-state index >= 15 is 0 Å². The molecular weight excluding hydrogens is 368 g/mol. The van der Waals surface area contributed by atoms with Crippen molar-refractivity contribution in [1.82, 2.24) is 4.98 Å². The fraction of sp³-hybridized carbons (Fsp3) is 0.200. The zero-order valence-corrected chi connectivity index (χ0v) is 16.2. The number of aromatic nitrogens is 1. The van der Waals surface area contributed by atoms with Crippen molar-refractivity contribution < 1.29 is 9.53 Å². The number of nitrogens with one attached hydrogen (secondary N) is 1. The maximum absolute atomic E-state index is 12.4. The molecule has 3 aromatic rings. The summed E-state index contributed by atoms with van der Waals surface area (Å²) in [6.07, 6.45) is 0.865. The van der Waals surface area contributed by atoms with Gasteiger partial charge in [-0.25, -0.2) is 4.98 Å². The number of anilines is 1. The topological polar surface area (TPSA) is 51.2 Å². The summed E-state index contributed by atoms with van der Waals surface area (Å²) in [5.41, 5.74) is 2.64. The molecule has 3 rings (SSSR count). The number of amides is 1. The van der Waals surface area contributed by atoms with Gasteiger partial charge in [0.1, 0.15) is 10.8 Å². The highest BCUT2D eigenvalue weighted by Crippen LogP contribution is 2.29. The largest absolute Gasteiger partial charge is 0.495 e. The summed E-state index contributed by atoms with van der Waals surface area (Å²) in [7, 11) is 1.56. The summed E-state index contributed by atoms with van der Waals surface area (Å²) >= 11 is 7.44. The van der Waals surface area contributed by atoms with Crippen LogP contribution in [0.2, 0.25) is 5.02 Å². The second kappa shape index (κ2) is 8.43. The van der Waals surface area contributed by atoms with Gasteiger partial charge in [0, 0.05) is 10.4 Å². The summed E-state index contributed by atoms with van der Waals surface area (Å²) in [5.74, 6) is 0.701. The van der Waals surface area contributed by atoms with E-state index in [2.05, 4.69) is 18.3 Å². The number of carbonyl (C=O) groups is 1. The van der Waals surface area contributed by atoms with E-state index in [4.69, 9.17) is 21.3 Å². The van der Waals surface area contributed by atoms with Crippen molar-refractivity contribution in [3.63, 3.8) is 0 Å². The van der Waals surface area contributed by atoms with Crippen LogP contribution in [-0.4, -0.2) is 23.8 Å². The Kier molecular flexibility index (Phi) is 6.01. The zero-order valence-electron chi connectivity index (χ0n) is 14.6. The molecule has 134 valence electrons. The van der Waals surface area contributed by atoms with Crippen molar-refractivity contribution in [2.75, 3.05) is 18.2 Å². The first kappa shape index (κ1) is 18.5. The van der Waals surface area contributed by atoms with E-state index in [0.29, 0.717) is 16.5 Å². The normalized spacial score (nSPS) is 10.7. The molecule has 1 aromatic heterocycles. The Morgan fingerprint density at radius 2 is 2.04 bits per heavy atom. The van der Waals surface area contributed by atoms with Crippen LogP contribution in [0.5, 0.6) is 5.75 Å². The van der Waals surface area contributed by atoms with Gasteiger partial charge in [0.15, 0.2) is 0 Å². The molecule has 1 amide bonds. The maximum Gasteiger partial charge on any atom is 0.234 e. The van der Waals surface area contributed by atoms with Gasteiger partial charge in [-0.05, 0) is 42.3 Å². The predicted molar refractivity (Wildman–Crippen MR) is 108 cm³/mol. The second-order valence-electron chi connectivity index (χ2n) is 5.68. The zero-order chi connectivity index (χ0) is 18.5. The van der Waals surface area contributed by atoms with E-state index in [9.17, 15) is 4.79 Å². The number of carbonyl (C=O) groups excluding carboxylic acids is 1. The van der Waals surface area contributed by atoms with Gasteiger partial charge in [0.25, 0.3) is 0 Å². The summed E-state index contributed by atoms with van der Waals surface area (Å²) < 4.78 is 5.26. The quantitative estimate of drug-likeness (QED) is 0.592. The highest BCUT2D eigenvalue weighted by molar-refractivity contribution is 8.00. The van der Waals surface area contributed by atoms with Crippen molar-refractivity contribution in [3.05, 3.63) is 59.1 Å². The van der Waals surface area contributed by atoms with Gasteiger partial charge in [0.2, 0.25) is 5.91 Å². The number of aryl methyl sites for hydroxylation is 1. The van der Waals surface area contributed by atoms with Crippen LogP contribution in [0.25, 0.3) is 10.9 Å². The number of thioether (sulfide) groups is 1. The van der Waals surface area contributed by atoms with Crippen molar-refractivity contribution in [3.8, 4) is 5.75 Å². The molecule has 0 aliphatic carbocycles. The van der Waals surface area contributed by atoms with E-state index in [1.165, 1.54) is 11.8 Å². The van der Waals surface area contributed by atoms with Gasteiger partial charge < -0.3 is 10.1 Å². The molecule has 4 nitrogen and oxygen atoms in total. The molecule has 2 aromatic carbocycles. The summed E-state index contributed by atoms with van der Waals surface area (Å²) in [5, 5.41) is 5.39. The molecule has 0 fully saturated rings. The number of ether oxygens (including phenoxy) is 1. The first-order valence-electron chi connectivity index (χ1n) is 8.25. The molecule has 0 bridgehead atoms. The van der Waals surface area contributed by atoms with E-state index in [-0.39, 0.29) is 11.7 Å². The molecule has 0 saturated carbocycles. The number of hydrogen-bond acceptors (Lipinski definition) is 4. The van der Waals surface area contributed by atoms with E-state index < -0.39 is 0 Å². The first-order valence-corrected chi connectivity index (χ1v) is 9.62. The number of pyridine rings is 1. The fourth-order valence-corrected chi connectivity index (χ4v) is 3.68. The molecule has 0 unspecified atom stereocenters. The minimum atomic E-state index is -0.132. The van der Waals surface area contributed by atoms with Crippen LogP contribution in [0.1, 0.15) is 12.5 Å². The molecule has 0 saturated heterocycles. The number of fused-ring (bicyclic) bond motifs is 1. The Balaban J connectivity index is 1.73. The summed E-state index contributed by atoms with van der Waals surface area (Å²) in [6.45, 7) is 2.09. The highest BCUT2D eigenvalue weighted by Gasteiger charge is 2.12. The van der Waals surface area contributed by atoms with Crippen LogP contribution in [0.15, 0.2) is 53.6 Å². The van der Waals surface area contributed by atoms with Crippen LogP contribution >= 0.6 is 23.4 Å². The average Bonchev–Trinajstić information content (AvgIpc) is 2.65. The third kappa shape index (κ3) is 4.29. The van der Waals surface area contributed by atoms with Gasteiger partial charge in [0.05, 0.1) is 24.1 Å². The maximum atomic E-state index is 12.4. The molecular formula is C20H19ClN2O2S. The molecule has 0 aliphatic heterocycles. The second-order valence-corrected chi connectivity index (χ2v) is 7.08. The molecule has 0 atom stereocenters.